The molecule has 2 fully saturated rings. The van der Waals surface area contributed by atoms with Crippen molar-refractivity contribution < 1.29 is 29.2 Å². The molecular weight excluding hydrogens is 564 g/mol. The van der Waals surface area contributed by atoms with Crippen molar-refractivity contribution in [3.63, 3.8) is 0 Å². The molecule has 3 aliphatic rings. The van der Waals surface area contributed by atoms with E-state index in [2.05, 4.69) is 26.2 Å². The normalized spacial score (nSPS) is 24.2. The number of unbranched alkanes of at least 4 members (excludes halogenated alkanes) is 1. The highest BCUT2D eigenvalue weighted by molar-refractivity contribution is 8.00. The minimum Gasteiger partial charge on any atom is -0.444 e. The van der Waals surface area contributed by atoms with Gasteiger partial charge in [0.25, 0.3) is 5.70 Å². The third-order valence-corrected chi connectivity index (χ3v) is 9.01. The fraction of sp³-hybridized carbons (Fsp3) is 0.750. The van der Waals surface area contributed by atoms with Crippen LogP contribution in [0.3, 0.4) is 0 Å². The van der Waals surface area contributed by atoms with Crippen LogP contribution in [-0.4, -0.2) is 100 Å². The molecule has 13 nitrogen and oxygen atoms in total. The molecule has 0 aromatic heterocycles. The van der Waals surface area contributed by atoms with Gasteiger partial charge in [0, 0.05) is 56.2 Å². The molecule has 0 bridgehead atoms. The van der Waals surface area contributed by atoms with Crippen molar-refractivity contribution >= 4 is 29.8 Å². The van der Waals surface area contributed by atoms with Gasteiger partial charge < -0.3 is 31.1 Å². The number of carbonyl (C=O) groups is 3. The molecule has 236 valence electrons. The molecule has 2 saturated heterocycles. The van der Waals surface area contributed by atoms with Gasteiger partial charge in [-0.3, -0.25) is 19.8 Å². The number of thioether (sulfide) groups is 1. The Labute approximate surface area is 251 Å². The van der Waals surface area contributed by atoms with Crippen molar-refractivity contribution in [3.05, 3.63) is 33.5 Å². The standard InChI is InChI=1S/C28H46N6O7S/c1-18(35)20-15-19(9-10-22(20)34(39)40)16-33(14-12-30-27(38)41-28(2,3)4)13-11-29-24(36)8-6-5-7-23-25-21(17-42-23)31-26(37)32-25/h9-10,18,20-21,23,25,35H,5-8,11-17H2,1-4H3,(H,29,36)(H,30,38)(H2,31,32,37)/t18?,20?,21?,23-,25?/m0/s1. The Morgan fingerprint density at radius 1 is 1.21 bits per heavy atom. The number of aliphatic hydroxyl groups is 1. The Morgan fingerprint density at radius 3 is 2.60 bits per heavy atom. The quantitative estimate of drug-likeness (QED) is 0.0805. The lowest BCUT2D eigenvalue weighted by atomic mass is 9.87. The van der Waals surface area contributed by atoms with Gasteiger partial charge in [-0.05, 0) is 47.0 Å². The van der Waals surface area contributed by atoms with Gasteiger partial charge in [-0.2, -0.15) is 11.8 Å². The highest BCUT2D eigenvalue weighted by Crippen LogP contribution is 2.33. The summed E-state index contributed by atoms with van der Waals surface area (Å²) in [5, 5.41) is 33.6. The van der Waals surface area contributed by atoms with Gasteiger partial charge in [0.2, 0.25) is 5.91 Å². The summed E-state index contributed by atoms with van der Waals surface area (Å²) in [5.74, 6) is 0.289. The zero-order chi connectivity index (χ0) is 30.9. The average molecular weight is 611 g/mol. The SMILES string of the molecule is CC(O)C1CC(CN(CCNC(=O)CCCC[C@@H]2SCC3NC(=O)NC32)CCNC(=O)OC(C)(C)C)=CC=C1[N+](=O)[O-]. The van der Waals surface area contributed by atoms with Crippen molar-refractivity contribution in [3.8, 4) is 0 Å². The Morgan fingerprint density at radius 2 is 1.93 bits per heavy atom. The van der Waals surface area contributed by atoms with E-state index in [1.165, 1.54) is 6.08 Å². The van der Waals surface area contributed by atoms with Gasteiger partial charge >= 0.3 is 12.1 Å². The number of fused-ring (bicyclic) bond motifs is 1. The molecule has 4 unspecified atom stereocenters. The average Bonchev–Trinajstić information content (AvgIpc) is 3.44. The zero-order valence-electron chi connectivity index (χ0n) is 25.0. The van der Waals surface area contributed by atoms with Gasteiger partial charge in [-0.15, -0.1) is 0 Å². The first-order valence-corrected chi connectivity index (χ1v) is 15.7. The van der Waals surface area contributed by atoms with Crippen LogP contribution in [0.15, 0.2) is 23.4 Å². The molecule has 5 N–H and O–H groups in total. The molecular formula is C28H46N6O7S. The van der Waals surface area contributed by atoms with Crippen LogP contribution in [0.25, 0.3) is 0 Å². The summed E-state index contributed by atoms with van der Waals surface area (Å²) in [6.07, 6.45) is 5.20. The largest absolute Gasteiger partial charge is 0.444 e. The van der Waals surface area contributed by atoms with Crippen LogP contribution in [0.1, 0.15) is 59.8 Å². The van der Waals surface area contributed by atoms with Gasteiger partial charge in [-0.25, -0.2) is 9.59 Å². The molecule has 14 heteroatoms. The monoisotopic (exact) mass is 610 g/mol. The summed E-state index contributed by atoms with van der Waals surface area (Å²) >= 11 is 1.87. The van der Waals surface area contributed by atoms with Crippen LogP contribution in [0.2, 0.25) is 0 Å². The maximum atomic E-state index is 12.5. The van der Waals surface area contributed by atoms with Crippen molar-refractivity contribution in [1.29, 1.82) is 0 Å². The number of hydrogen-bond donors (Lipinski definition) is 5. The number of nitrogens with zero attached hydrogens (tertiary/aromatic N) is 2. The van der Waals surface area contributed by atoms with Crippen molar-refractivity contribution in [1.82, 2.24) is 26.2 Å². The molecule has 2 aliphatic heterocycles. The third-order valence-electron chi connectivity index (χ3n) is 7.50. The van der Waals surface area contributed by atoms with E-state index in [4.69, 9.17) is 4.74 Å². The number of nitro groups is 1. The Balaban J connectivity index is 1.45. The Bertz CT molecular complexity index is 1040. The minimum absolute atomic E-state index is 0.00448. The van der Waals surface area contributed by atoms with E-state index >= 15 is 0 Å². The van der Waals surface area contributed by atoms with Crippen LogP contribution < -0.4 is 21.3 Å². The van der Waals surface area contributed by atoms with Crippen molar-refractivity contribution in [2.45, 2.75) is 88.8 Å². The second-order valence-electron chi connectivity index (χ2n) is 12.1. The molecule has 0 aromatic carbocycles. The van der Waals surface area contributed by atoms with E-state index in [1.54, 1.807) is 33.8 Å². The maximum Gasteiger partial charge on any atom is 0.407 e. The van der Waals surface area contributed by atoms with E-state index in [0.717, 1.165) is 30.6 Å². The van der Waals surface area contributed by atoms with Gasteiger partial charge in [0.05, 0.1) is 29.0 Å². The second-order valence-corrected chi connectivity index (χ2v) is 13.4. The summed E-state index contributed by atoms with van der Waals surface area (Å²) in [4.78, 5) is 49.1. The first-order chi connectivity index (χ1) is 19.8. The number of allylic oxidation sites excluding steroid dienone is 2. The topological polar surface area (TPSA) is 175 Å². The van der Waals surface area contributed by atoms with Crippen LogP contribution in [0.5, 0.6) is 0 Å². The zero-order valence-corrected chi connectivity index (χ0v) is 25.8. The molecule has 3 rings (SSSR count). The predicted octanol–water partition coefficient (Wildman–Crippen LogP) is 2.14. The predicted molar refractivity (Wildman–Crippen MR) is 161 cm³/mol. The lowest BCUT2D eigenvalue weighted by molar-refractivity contribution is -0.436. The lowest BCUT2D eigenvalue weighted by Gasteiger charge is -2.28. The van der Waals surface area contributed by atoms with E-state index in [1.807, 2.05) is 11.8 Å². The third kappa shape index (κ3) is 10.8. The van der Waals surface area contributed by atoms with Crippen LogP contribution in [0.4, 0.5) is 9.59 Å². The first-order valence-electron chi connectivity index (χ1n) is 14.7. The van der Waals surface area contributed by atoms with Crippen molar-refractivity contribution in [2.75, 3.05) is 38.5 Å². The Hall–Kier alpha value is -2.84. The molecule has 4 amide bonds. The van der Waals surface area contributed by atoms with Gasteiger partial charge in [0.15, 0.2) is 0 Å². The summed E-state index contributed by atoms with van der Waals surface area (Å²) in [6, 6.07) is 0.278. The Kier molecular flexibility index (Phi) is 12.5. The second kappa shape index (κ2) is 15.6. The molecule has 2 heterocycles. The van der Waals surface area contributed by atoms with Crippen LogP contribution >= 0.6 is 11.8 Å². The van der Waals surface area contributed by atoms with Gasteiger partial charge in [-0.1, -0.05) is 18.1 Å². The van der Waals surface area contributed by atoms with Gasteiger partial charge in [0.1, 0.15) is 5.60 Å². The summed E-state index contributed by atoms with van der Waals surface area (Å²) < 4.78 is 5.30. The van der Waals surface area contributed by atoms with Crippen LogP contribution in [-0.2, 0) is 9.53 Å². The van der Waals surface area contributed by atoms with E-state index in [0.29, 0.717) is 50.8 Å². The molecule has 0 spiro atoms. The molecule has 5 atom stereocenters. The molecule has 1 aliphatic carbocycles. The summed E-state index contributed by atoms with van der Waals surface area (Å²) in [6.45, 7) is 9.12. The molecule has 0 saturated carbocycles. The number of carbonyl (C=O) groups excluding carboxylic acids is 3. The summed E-state index contributed by atoms with van der Waals surface area (Å²) in [7, 11) is 0. The molecule has 0 aromatic rings. The summed E-state index contributed by atoms with van der Waals surface area (Å²) in [5.41, 5.74) is 0.311. The number of hydrogen-bond acceptors (Lipinski definition) is 9. The smallest absolute Gasteiger partial charge is 0.407 e. The molecule has 42 heavy (non-hydrogen) atoms. The number of aliphatic hydroxyl groups excluding tert-OH is 1. The van der Waals surface area contributed by atoms with E-state index in [-0.39, 0.29) is 29.7 Å². The maximum absolute atomic E-state index is 12.5. The number of ether oxygens (including phenoxy) is 1. The number of amides is 4. The van der Waals surface area contributed by atoms with E-state index in [9.17, 15) is 29.6 Å². The fourth-order valence-electron chi connectivity index (χ4n) is 5.42. The van der Waals surface area contributed by atoms with Crippen molar-refractivity contribution in [2.24, 2.45) is 5.92 Å². The lowest BCUT2D eigenvalue weighted by Crippen LogP contribution is -2.42. The molecule has 0 radical (unpaired) electrons. The first kappa shape index (κ1) is 33.7. The van der Waals surface area contributed by atoms with Crippen LogP contribution in [0, 0.1) is 16.0 Å². The number of nitrogens with one attached hydrogen (secondary N) is 4. The minimum atomic E-state index is -0.866. The number of rotatable bonds is 15. The number of urea groups is 1. The fourth-order valence-corrected chi connectivity index (χ4v) is 6.96. The van der Waals surface area contributed by atoms with E-state index < -0.39 is 28.6 Å². The highest BCUT2D eigenvalue weighted by Gasteiger charge is 2.42. The number of alkyl carbamates (subject to hydrolysis) is 1. The highest BCUT2D eigenvalue weighted by atomic mass is 32.2.